The van der Waals surface area contributed by atoms with Crippen LogP contribution >= 0.6 is 0 Å². The van der Waals surface area contributed by atoms with Crippen molar-refractivity contribution in [3.8, 4) is 0 Å². The Morgan fingerprint density at radius 1 is 1.24 bits per heavy atom. The fourth-order valence-electron chi connectivity index (χ4n) is 2.53. The van der Waals surface area contributed by atoms with Crippen LogP contribution in [0.25, 0.3) is 0 Å². The van der Waals surface area contributed by atoms with Gasteiger partial charge in [0, 0.05) is 31.4 Å². The van der Waals surface area contributed by atoms with Crippen LogP contribution in [0.5, 0.6) is 0 Å². The molecular weight excluding hydrogens is 322 g/mol. The van der Waals surface area contributed by atoms with Crippen LogP contribution in [0, 0.1) is 0 Å². The Hall–Kier alpha value is -2.12. The third-order valence-electron chi connectivity index (χ3n) is 4.04. The highest BCUT2D eigenvalue weighted by Crippen LogP contribution is 2.11. The van der Waals surface area contributed by atoms with Crippen molar-refractivity contribution in [2.24, 2.45) is 0 Å². The first-order valence-corrected chi connectivity index (χ1v) is 8.74. The van der Waals surface area contributed by atoms with E-state index in [0.29, 0.717) is 24.4 Å². The van der Waals surface area contributed by atoms with Crippen molar-refractivity contribution in [3.63, 3.8) is 0 Å². The van der Waals surface area contributed by atoms with E-state index in [2.05, 4.69) is 22.5 Å². The average Bonchev–Trinajstić information content (AvgIpc) is 2.65. The van der Waals surface area contributed by atoms with Gasteiger partial charge < -0.3 is 20.1 Å². The van der Waals surface area contributed by atoms with Crippen LogP contribution in [0.2, 0.25) is 0 Å². The van der Waals surface area contributed by atoms with Crippen LogP contribution in [0.3, 0.4) is 0 Å². The van der Waals surface area contributed by atoms with E-state index < -0.39 is 0 Å². The average molecular weight is 349 g/mol. The van der Waals surface area contributed by atoms with E-state index in [-0.39, 0.29) is 18.0 Å². The van der Waals surface area contributed by atoms with Crippen LogP contribution in [-0.4, -0.2) is 62.4 Å². The Morgan fingerprint density at radius 3 is 2.56 bits per heavy atom. The molecule has 0 radical (unpaired) electrons. The van der Waals surface area contributed by atoms with Crippen LogP contribution in [-0.2, 0) is 9.47 Å². The number of hydrogen-bond acceptors (Lipinski definition) is 5. The van der Waals surface area contributed by atoms with Gasteiger partial charge in [-0.15, -0.1) is 0 Å². The number of ether oxygens (including phenoxy) is 2. The second-order valence-corrected chi connectivity index (χ2v) is 6.05. The second kappa shape index (κ2) is 10.0. The molecule has 7 nitrogen and oxygen atoms in total. The first kappa shape index (κ1) is 19.2. The van der Waals surface area contributed by atoms with E-state index in [1.54, 1.807) is 24.3 Å². The molecule has 2 N–H and O–H groups in total. The zero-order valence-corrected chi connectivity index (χ0v) is 14.9. The van der Waals surface area contributed by atoms with Gasteiger partial charge in [0.15, 0.2) is 0 Å². The van der Waals surface area contributed by atoms with Crippen LogP contribution < -0.4 is 10.6 Å². The van der Waals surface area contributed by atoms with Gasteiger partial charge in [0.2, 0.25) is 0 Å². The van der Waals surface area contributed by atoms with Gasteiger partial charge in [-0.05, 0) is 37.6 Å². The Kier molecular flexibility index (Phi) is 7.69. The normalized spacial score (nSPS) is 16.1. The lowest BCUT2D eigenvalue weighted by Gasteiger charge is -2.32. The lowest BCUT2D eigenvalue weighted by molar-refractivity contribution is 0.0209. The second-order valence-electron chi connectivity index (χ2n) is 6.05. The standard InChI is InChI=1S/C18H27N3O4/c1-3-10-25-17(22)15-4-6-16(7-5-15)20-18(23)19-13-14(2)21-8-11-24-12-9-21/h4-7,14H,3,8-13H2,1-2H3,(H2,19,20,23). The molecule has 138 valence electrons. The zero-order chi connectivity index (χ0) is 18.1. The van der Waals surface area contributed by atoms with E-state index in [9.17, 15) is 9.59 Å². The number of hydrogen-bond donors (Lipinski definition) is 2. The molecule has 0 aromatic heterocycles. The number of esters is 1. The van der Waals surface area contributed by atoms with Crippen molar-refractivity contribution in [2.75, 3.05) is 44.8 Å². The molecule has 2 rings (SSSR count). The maximum atomic E-state index is 12.0. The summed E-state index contributed by atoms with van der Waals surface area (Å²) < 4.78 is 10.4. The number of morpholine rings is 1. The van der Waals surface area contributed by atoms with E-state index in [1.165, 1.54) is 0 Å². The lowest BCUT2D eigenvalue weighted by Crippen LogP contribution is -2.47. The van der Waals surface area contributed by atoms with Crippen molar-refractivity contribution < 1.29 is 19.1 Å². The molecule has 1 fully saturated rings. The predicted molar refractivity (Wildman–Crippen MR) is 95.9 cm³/mol. The lowest BCUT2D eigenvalue weighted by atomic mass is 10.2. The van der Waals surface area contributed by atoms with Crippen molar-refractivity contribution in [2.45, 2.75) is 26.3 Å². The number of anilines is 1. The Labute approximate surface area is 148 Å². The first-order chi connectivity index (χ1) is 12.1. The highest BCUT2D eigenvalue weighted by Gasteiger charge is 2.17. The topological polar surface area (TPSA) is 79.9 Å². The molecular formula is C18H27N3O4. The molecule has 1 unspecified atom stereocenters. The largest absolute Gasteiger partial charge is 0.462 e. The summed E-state index contributed by atoms with van der Waals surface area (Å²) in [4.78, 5) is 26.0. The van der Waals surface area contributed by atoms with E-state index in [4.69, 9.17) is 9.47 Å². The third-order valence-corrected chi connectivity index (χ3v) is 4.04. The molecule has 2 amide bonds. The number of carbonyl (C=O) groups is 2. The number of amides is 2. The summed E-state index contributed by atoms with van der Waals surface area (Å²) in [5.41, 5.74) is 1.10. The number of benzene rings is 1. The molecule has 25 heavy (non-hydrogen) atoms. The molecule has 1 saturated heterocycles. The minimum Gasteiger partial charge on any atom is -0.462 e. The highest BCUT2D eigenvalue weighted by atomic mass is 16.5. The molecule has 1 heterocycles. The monoisotopic (exact) mass is 349 g/mol. The van der Waals surface area contributed by atoms with Crippen LogP contribution in [0.4, 0.5) is 10.5 Å². The smallest absolute Gasteiger partial charge is 0.338 e. The van der Waals surface area contributed by atoms with Gasteiger partial charge in [-0.3, -0.25) is 4.90 Å². The van der Waals surface area contributed by atoms with E-state index in [1.807, 2.05) is 6.92 Å². The maximum absolute atomic E-state index is 12.0. The summed E-state index contributed by atoms with van der Waals surface area (Å²) >= 11 is 0. The van der Waals surface area contributed by atoms with Gasteiger partial charge in [0.25, 0.3) is 0 Å². The van der Waals surface area contributed by atoms with Gasteiger partial charge in [-0.2, -0.15) is 0 Å². The maximum Gasteiger partial charge on any atom is 0.338 e. The molecule has 0 spiro atoms. The summed E-state index contributed by atoms with van der Waals surface area (Å²) in [5, 5.41) is 5.63. The van der Waals surface area contributed by atoms with Crippen molar-refractivity contribution in [1.29, 1.82) is 0 Å². The Morgan fingerprint density at radius 2 is 1.92 bits per heavy atom. The fraction of sp³-hybridized carbons (Fsp3) is 0.556. The van der Waals surface area contributed by atoms with Crippen LogP contribution in [0.1, 0.15) is 30.6 Å². The molecule has 1 atom stereocenters. The predicted octanol–water partition coefficient (Wildman–Crippen LogP) is 2.10. The van der Waals surface area contributed by atoms with Gasteiger partial charge in [-0.1, -0.05) is 6.92 Å². The van der Waals surface area contributed by atoms with Crippen molar-refractivity contribution in [3.05, 3.63) is 29.8 Å². The van der Waals surface area contributed by atoms with Gasteiger partial charge in [0.05, 0.1) is 25.4 Å². The van der Waals surface area contributed by atoms with E-state index in [0.717, 1.165) is 32.7 Å². The fourth-order valence-corrected chi connectivity index (χ4v) is 2.53. The molecule has 7 heteroatoms. The minimum absolute atomic E-state index is 0.255. The molecule has 1 aliphatic heterocycles. The van der Waals surface area contributed by atoms with Gasteiger partial charge >= 0.3 is 12.0 Å². The molecule has 0 saturated carbocycles. The number of urea groups is 1. The number of nitrogens with one attached hydrogen (secondary N) is 2. The molecule has 1 aromatic carbocycles. The number of rotatable bonds is 7. The first-order valence-electron chi connectivity index (χ1n) is 8.74. The summed E-state index contributed by atoms with van der Waals surface area (Å²) in [5.74, 6) is -0.350. The molecule has 0 bridgehead atoms. The zero-order valence-electron chi connectivity index (χ0n) is 14.9. The molecule has 0 aliphatic carbocycles. The summed E-state index contributed by atoms with van der Waals surface area (Å²) in [7, 11) is 0. The number of carbonyl (C=O) groups excluding carboxylic acids is 2. The number of nitrogens with zero attached hydrogens (tertiary/aromatic N) is 1. The third kappa shape index (κ3) is 6.36. The molecule has 1 aliphatic rings. The SMILES string of the molecule is CCCOC(=O)c1ccc(NC(=O)NCC(C)N2CCOCC2)cc1. The molecule has 1 aromatic rings. The van der Waals surface area contributed by atoms with Gasteiger partial charge in [0.1, 0.15) is 0 Å². The van der Waals surface area contributed by atoms with Gasteiger partial charge in [-0.25, -0.2) is 9.59 Å². The summed E-state index contributed by atoms with van der Waals surface area (Å²) in [6, 6.07) is 6.65. The van der Waals surface area contributed by atoms with Crippen molar-refractivity contribution in [1.82, 2.24) is 10.2 Å². The van der Waals surface area contributed by atoms with Crippen molar-refractivity contribution >= 4 is 17.7 Å². The summed E-state index contributed by atoms with van der Waals surface area (Å²) in [6.45, 7) is 8.25. The quantitative estimate of drug-likeness (QED) is 0.737. The Balaban J connectivity index is 1.75. The Bertz CT molecular complexity index is 556. The van der Waals surface area contributed by atoms with E-state index >= 15 is 0 Å². The highest BCUT2D eigenvalue weighted by molar-refractivity contribution is 5.92. The van der Waals surface area contributed by atoms with Crippen LogP contribution in [0.15, 0.2) is 24.3 Å². The minimum atomic E-state index is -0.350. The summed E-state index contributed by atoms with van der Waals surface area (Å²) in [6.07, 6.45) is 0.786.